The number of carbonyl (C=O) groups is 2. The summed E-state index contributed by atoms with van der Waals surface area (Å²) in [4.78, 5) is 25.5. The highest BCUT2D eigenvalue weighted by molar-refractivity contribution is 7.12. The van der Waals surface area contributed by atoms with Crippen LogP contribution >= 0.6 is 22.9 Å². The molecule has 0 saturated heterocycles. The van der Waals surface area contributed by atoms with Crippen LogP contribution in [0.4, 0.5) is 11.4 Å². The summed E-state index contributed by atoms with van der Waals surface area (Å²) < 4.78 is 5.10. The second-order valence-electron chi connectivity index (χ2n) is 5.28. The smallest absolute Gasteiger partial charge is 0.265 e. The summed E-state index contributed by atoms with van der Waals surface area (Å²) in [5.41, 5.74) is 1.31. The predicted octanol–water partition coefficient (Wildman–Crippen LogP) is 4.91. The van der Waals surface area contributed by atoms with Crippen LogP contribution in [0.2, 0.25) is 5.02 Å². The zero-order chi connectivity index (χ0) is 18.5. The number of ether oxygens (including phenoxy) is 1. The van der Waals surface area contributed by atoms with Crippen molar-refractivity contribution in [2.75, 3.05) is 17.7 Å². The van der Waals surface area contributed by atoms with Crippen molar-refractivity contribution in [3.63, 3.8) is 0 Å². The van der Waals surface area contributed by atoms with Gasteiger partial charge in [0.05, 0.1) is 28.3 Å². The van der Waals surface area contributed by atoms with E-state index >= 15 is 0 Å². The molecular formula is C19H15ClN2O3S. The number of benzene rings is 2. The van der Waals surface area contributed by atoms with E-state index in [1.807, 2.05) is 5.38 Å². The molecule has 0 aliphatic heterocycles. The summed E-state index contributed by atoms with van der Waals surface area (Å²) >= 11 is 7.42. The Morgan fingerprint density at radius 1 is 1.00 bits per heavy atom. The minimum absolute atomic E-state index is 0.257. The zero-order valence-corrected chi connectivity index (χ0v) is 15.4. The maximum absolute atomic E-state index is 12.6. The fourth-order valence-electron chi connectivity index (χ4n) is 2.32. The van der Waals surface area contributed by atoms with Crippen molar-refractivity contribution in [3.8, 4) is 5.75 Å². The molecule has 0 unspecified atom stereocenters. The van der Waals surface area contributed by atoms with Crippen LogP contribution in [0.1, 0.15) is 20.0 Å². The quantitative estimate of drug-likeness (QED) is 0.654. The van der Waals surface area contributed by atoms with Crippen molar-refractivity contribution in [1.29, 1.82) is 0 Å². The van der Waals surface area contributed by atoms with Gasteiger partial charge in [-0.25, -0.2) is 0 Å². The third-order valence-corrected chi connectivity index (χ3v) is 4.74. The van der Waals surface area contributed by atoms with E-state index in [9.17, 15) is 9.59 Å². The molecule has 26 heavy (non-hydrogen) atoms. The largest absolute Gasteiger partial charge is 0.495 e. The molecule has 0 spiro atoms. The van der Waals surface area contributed by atoms with E-state index in [0.29, 0.717) is 32.6 Å². The molecule has 0 atom stereocenters. The predicted molar refractivity (Wildman–Crippen MR) is 105 cm³/mol. The monoisotopic (exact) mass is 386 g/mol. The van der Waals surface area contributed by atoms with Gasteiger partial charge in [-0.2, -0.15) is 0 Å². The lowest BCUT2D eigenvalue weighted by Crippen LogP contribution is -2.17. The number of amides is 2. The van der Waals surface area contributed by atoms with Crippen molar-refractivity contribution < 1.29 is 14.3 Å². The average molecular weight is 387 g/mol. The number of rotatable bonds is 5. The maximum Gasteiger partial charge on any atom is 0.265 e. The van der Waals surface area contributed by atoms with E-state index in [1.54, 1.807) is 54.6 Å². The van der Waals surface area contributed by atoms with Crippen LogP contribution in [0.5, 0.6) is 5.75 Å². The highest BCUT2D eigenvalue weighted by Crippen LogP contribution is 2.28. The first-order chi connectivity index (χ1) is 12.6. The first kappa shape index (κ1) is 18.0. The lowest BCUT2D eigenvalue weighted by atomic mass is 10.1. The van der Waals surface area contributed by atoms with Gasteiger partial charge in [-0.3, -0.25) is 9.59 Å². The second-order valence-corrected chi connectivity index (χ2v) is 6.64. The van der Waals surface area contributed by atoms with Gasteiger partial charge in [0.15, 0.2) is 0 Å². The zero-order valence-electron chi connectivity index (χ0n) is 13.8. The highest BCUT2D eigenvalue weighted by Gasteiger charge is 2.15. The van der Waals surface area contributed by atoms with Gasteiger partial charge in [0.1, 0.15) is 5.75 Å². The summed E-state index contributed by atoms with van der Waals surface area (Å²) in [5.74, 6) is -0.0886. The number of hydrogen-bond acceptors (Lipinski definition) is 4. The van der Waals surface area contributed by atoms with Gasteiger partial charge in [0, 0.05) is 5.69 Å². The summed E-state index contributed by atoms with van der Waals surface area (Å²) in [7, 11) is 1.52. The van der Waals surface area contributed by atoms with Gasteiger partial charge < -0.3 is 15.4 Å². The van der Waals surface area contributed by atoms with Crippen LogP contribution in [0, 0.1) is 0 Å². The minimum atomic E-state index is -0.353. The molecule has 0 bridgehead atoms. The Balaban J connectivity index is 1.79. The summed E-state index contributed by atoms with van der Waals surface area (Å²) in [6.07, 6.45) is 0. The van der Waals surface area contributed by atoms with Crippen LogP contribution in [-0.4, -0.2) is 18.9 Å². The molecule has 132 valence electrons. The maximum atomic E-state index is 12.6. The Kier molecular flexibility index (Phi) is 5.55. The molecule has 0 aliphatic rings. The molecule has 1 aromatic heterocycles. The number of thiophene rings is 1. The third kappa shape index (κ3) is 4.04. The number of para-hydroxylation sites is 1. The van der Waals surface area contributed by atoms with E-state index in [0.717, 1.165) is 0 Å². The lowest BCUT2D eigenvalue weighted by Gasteiger charge is -2.12. The Morgan fingerprint density at radius 3 is 2.50 bits per heavy atom. The normalized spacial score (nSPS) is 10.2. The molecule has 5 nitrogen and oxygen atoms in total. The van der Waals surface area contributed by atoms with Gasteiger partial charge in [0.25, 0.3) is 11.8 Å². The summed E-state index contributed by atoms with van der Waals surface area (Å²) in [6.45, 7) is 0. The van der Waals surface area contributed by atoms with Crippen molar-refractivity contribution in [2.24, 2.45) is 0 Å². The van der Waals surface area contributed by atoms with Crippen LogP contribution in [0.25, 0.3) is 0 Å². The molecule has 1 heterocycles. The van der Waals surface area contributed by atoms with Gasteiger partial charge in [0.2, 0.25) is 0 Å². The van der Waals surface area contributed by atoms with E-state index in [2.05, 4.69) is 10.6 Å². The van der Waals surface area contributed by atoms with Gasteiger partial charge in [-0.15, -0.1) is 11.3 Å². The number of anilines is 2. The minimum Gasteiger partial charge on any atom is -0.495 e. The summed E-state index contributed by atoms with van der Waals surface area (Å²) in [5, 5.41) is 7.76. The average Bonchev–Trinajstić information content (AvgIpc) is 3.17. The molecule has 0 aliphatic carbocycles. The Bertz CT molecular complexity index is 942. The van der Waals surface area contributed by atoms with Crippen LogP contribution in [-0.2, 0) is 0 Å². The second kappa shape index (κ2) is 8.03. The van der Waals surface area contributed by atoms with Crippen LogP contribution in [0.15, 0.2) is 60.0 Å². The van der Waals surface area contributed by atoms with Gasteiger partial charge in [-0.1, -0.05) is 29.8 Å². The van der Waals surface area contributed by atoms with Crippen molar-refractivity contribution in [3.05, 3.63) is 75.4 Å². The molecule has 0 saturated carbocycles. The molecule has 3 rings (SSSR count). The Morgan fingerprint density at radius 2 is 1.81 bits per heavy atom. The lowest BCUT2D eigenvalue weighted by molar-refractivity contribution is 0.102. The van der Waals surface area contributed by atoms with E-state index < -0.39 is 0 Å². The number of nitrogens with one attached hydrogen (secondary N) is 2. The van der Waals surface area contributed by atoms with E-state index in [-0.39, 0.29) is 11.8 Å². The Hall–Kier alpha value is -2.83. The Labute approximate surface area is 159 Å². The fraction of sp³-hybridized carbons (Fsp3) is 0.0526. The van der Waals surface area contributed by atoms with Crippen LogP contribution in [0.3, 0.4) is 0 Å². The van der Waals surface area contributed by atoms with Gasteiger partial charge >= 0.3 is 0 Å². The number of hydrogen-bond donors (Lipinski definition) is 2. The highest BCUT2D eigenvalue weighted by atomic mass is 35.5. The van der Waals surface area contributed by atoms with Crippen LogP contribution < -0.4 is 15.4 Å². The molecule has 2 aromatic carbocycles. The number of carbonyl (C=O) groups excluding carboxylic acids is 2. The standard InChI is InChI=1S/C19H15ClN2O3S/c1-25-16-9-8-12(11-14(16)20)21-18(23)13-5-2-3-6-15(13)22-19(24)17-7-4-10-26-17/h2-11H,1H3,(H,21,23)(H,22,24). The molecule has 3 aromatic rings. The summed E-state index contributed by atoms with van der Waals surface area (Å²) in [6, 6.07) is 15.3. The van der Waals surface area contributed by atoms with E-state index in [4.69, 9.17) is 16.3 Å². The van der Waals surface area contributed by atoms with Crippen molar-refractivity contribution in [2.45, 2.75) is 0 Å². The third-order valence-electron chi connectivity index (χ3n) is 3.57. The van der Waals surface area contributed by atoms with E-state index in [1.165, 1.54) is 18.4 Å². The molecular weight excluding hydrogens is 372 g/mol. The molecule has 2 N–H and O–H groups in total. The number of halogens is 1. The first-order valence-corrected chi connectivity index (χ1v) is 8.93. The first-order valence-electron chi connectivity index (χ1n) is 7.67. The fourth-order valence-corrected chi connectivity index (χ4v) is 3.20. The molecule has 0 radical (unpaired) electrons. The van der Waals surface area contributed by atoms with Crippen molar-refractivity contribution >= 4 is 46.1 Å². The van der Waals surface area contributed by atoms with Gasteiger partial charge in [-0.05, 0) is 41.8 Å². The number of methoxy groups -OCH3 is 1. The SMILES string of the molecule is COc1ccc(NC(=O)c2ccccc2NC(=O)c2cccs2)cc1Cl. The topological polar surface area (TPSA) is 67.4 Å². The molecule has 2 amide bonds. The van der Waals surface area contributed by atoms with Crippen molar-refractivity contribution in [1.82, 2.24) is 0 Å². The molecule has 7 heteroatoms. The molecule has 0 fully saturated rings.